The second-order valence-electron chi connectivity index (χ2n) is 5.41. The predicted molar refractivity (Wildman–Crippen MR) is 90.2 cm³/mol. The van der Waals surface area contributed by atoms with Crippen LogP contribution in [0.4, 0.5) is 10.5 Å². The van der Waals surface area contributed by atoms with Crippen LogP contribution in [0.25, 0.3) is 0 Å². The number of hydrogen-bond donors (Lipinski definition) is 2. The molecule has 130 valence electrons. The highest BCUT2D eigenvalue weighted by Gasteiger charge is 2.19. The van der Waals surface area contributed by atoms with Gasteiger partial charge in [0.2, 0.25) is 5.91 Å². The Labute approximate surface area is 145 Å². The molecule has 0 aliphatic carbocycles. The molecule has 0 bridgehead atoms. The summed E-state index contributed by atoms with van der Waals surface area (Å²) in [5.74, 6) is -0.393. The number of urea groups is 1. The second-order valence-corrected chi connectivity index (χ2v) is 5.81. The van der Waals surface area contributed by atoms with E-state index in [-0.39, 0.29) is 22.5 Å². The predicted octanol–water partition coefficient (Wildman–Crippen LogP) is 2.26. The molecule has 1 aromatic rings. The van der Waals surface area contributed by atoms with Gasteiger partial charge in [-0.3, -0.25) is 4.79 Å². The summed E-state index contributed by atoms with van der Waals surface area (Å²) in [6.07, 6.45) is 2.21. The summed E-state index contributed by atoms with van der Waals surface area (Å²) >= 11 is 5.92. The molecule has 2 rings (SSSR count). The minimum Gasteiger partial charge on any atom is -0.465 e. The average molecular weight is 354 g/mol. The maximum Gasteiger partial charge on any atom is 0.339 e. The maximum atomic E-state index is 11.9. The van der Waals surface area contributed by atoms with Crippen molar-refractivity contribution < 1.29 is 19.1 Å². The lowest BCUT2D eigenvalue weighted by Gasteiger charge is -2.15. The molecule has 1 saturated heterocycles. The van der Waals surface area contributed by atoms with Gasteiger partial charge in [-0.15, -0.1) is 0 Å². The van der Waals surface area contributed by atoms with Crippen LogP contribution in [0.2, 0.25) is 5.02 Å². The largest absolute Gasteiger partial charge is 0.465 e. The van der Waals surface area contributed by atoms with Gasteiger partial charge in [0.25, 0.3) is 0 Å². The highest BCUT2D eigenvalue weighted by Crippen LogP contribution is 2.21. The van der Waals surface area contributed by atoms with Gasteiger partial charge in [0.1, 0.15) is 0 Å². The van der Waals surface area contributed by atoms with Crippen LogP contribution in [0.5, 0.6) is 0 Å². The Morgan fingerprint density at radius 3 is 2.83 bits per heavy atom. The molecule has 24 heavy (non-hydrogen) atoms. The highest BCUT2D eigenvalue weighted by molar-refractivity contribution is 6.33. The topological polar surface area (TPSA) is 87.7 Å². The average Bonchev–Trinajstić information content (AvgIpc) is 2.98. The van der Waals surface area contributed by atoms with Gasteiger partial charge in [-0.05, 0) is 31.0 Å². The molecule has 1 aliphatic heterocycles. The Bertz CT molecular complexity index is 636. The number of benzene rings is 1. The van der Waals surface area contributed by atoms with Gasteiger partial charge in [0, 0.05) is 31.7 Å². The van der Waals surface area contributed by atoms with E-state index in [2.05, 4.69) is 15.4 Å². The molecule has 8 heteroatoms. The molecule has 0 unspecified atom stereocenters. The van der Waals surface area contributed by atoms with Crippen molar-refractivity contribution >= 4 is 35.2 Å². The first-order chi connectivity index (χ1) is 11.5. The van der Waals surface area contributed by atoms with Gasteiger partial charge in [-0.25, -0.2) is 9.59 Å². The zero-order valence-corrected chi connectivity index (χ0v) is 14.2. The number of amides is 3. The summed E-state index contributed by atoms with van der Waals surface area (Å²) in [6, 6.07) is 4.18. The van der Waals surface area contributed by atoms with Gasteiger partial charge >= 0.3 is 12.0 Å². The number of likely N-dealkylation sites (tertiary alicyclic amines) is 1. The van der Waals surface area contributed by atoms with E-state index in [1.54, 1.807) is 11.0 Å². The first kappa shape index (κ1) is 18.1. The lowest BCUT2D eigenvalue weighted by Crippen LogP contribution is -2.33. The number of nitrogens with zero attached hydrogens (tertiary/aromatic N) is 1. The van der Waals surface area contributed by atoms with E-state index in [1.165, 1.54) is 19.2 Å². The van der Waals surface area contributed by atoms with Crippen LogP contribution in [0.3, 0.4) is 0 Å². The Balaban J connectivity index is 1.77. The van der Waals surface area contributed by atoms with Crippen molar-refractivity contribution in [2.45, 2.75) is 19.3 Å². The van der Waals surface area contributed by atoms with Gasteiger partial charge in [-0.1, -0.05) is 11.6 Å². The lowest BCUT2D eigenvalue weighted by atomic mass is 10.2. The van der Waals surface area contributed by atoms with E-state index >= 15 is 0 Å². The molecule has 1 aliphatic rings. The third kappa shape index (κ3) is 4.86. The number of ether oxygens (including phenoxy) is 1. The molecule has 3 amide bonds. The number of hydrogen-bond acceptors (Lipinski definition) is 4. The van der Waals surface area contributed by atoms with Crippen molar-refractivity contribution in [3.05, 3.63) is 28.8 Å². The fourth-order valence-electron chi connectivity index (χ4n) is 2.46. The van der Waals surface area contributed by atoms with Crippen LogP contribution in [-0.4, -0.2) is 49.6 Å². The number of anilines is 1. The molecule has 0 saturated carbocycles. The molecule has 0 aromatic heterocycles. The molecule has 1 aromatic carbocycles. The second kappa shape index (κ2) is 8.54. The fraction of sp³-hybridized carbons (Fsp3) is 0.438. The number of rotatable bonds is 6. The smallest absolute Gasteiger partial charge is 0.339 e. The minimum absolute atomic E-state index is 0.177. The van der Waals surface area contributed by atoms with E-state index in [9.17, 15) is 14.4 Å². The first-order valence-corrected chi connectivity index (χ1v) is 8.09. The third-order valence-corrected chi connectivity index (χ3v) is 4.02. The number of nitrogens with one attached hydrogen (secondary N) is 2. The molecule has 1 heterocycles. The van der Waals surface area contributed by atoms with Crippen LogP contribution < -0.4 is 10.6 Å². The number of esters is 1. The monoisotopic (exact) mass is 353 g/mol. The van der Waals surface area contributed by atoms with Gasteiger partial charge in [-0.2, -0.15) is 0 Å². The van der Waals surface area contributed by atoms with Crippen molar-refractivity contribution in [3.63, 3.8) is 0 Å². The van der Waals surface area contributed by atoms with E-state index in [4.69, 9.17) is 11.6 Å². The SMILES string of the molecule is COC(=O)c1cc(NC(=O)NCCCN2CCCC2=O)ccc1Cl. The first-order valence-electron chi connectivity index (χ1n) is 7.71. The standard InChI is InChI=1S/C16H20ClN3O4/c1-24-15(22)12-10-11(5-6-13(12)17)19-16(23)18-7-3-9-20-8-2-4-14(20)21/h5-6,10H,2-4,7-9H2,1H3,(H2,18,19,23). The quantitative estimate of drug-likeness (QED) is 0.606. The van der Waals surface area contributed by atoms with Crippen molar-refractivity contribution in [2.75, 3.05) is 32.1 Å². The normalized spacial score (nSPS) is 13.8. The lowest BCUT2D eigenvalue weighted by molar-refractivity contribution is -0.127. The van der Waals surface area contributed by atoms with E-state index in [0.29, 0.717) is 31.6 Å². The molecule has 7 nitrogen and oxygen atoms in total. The molecule has 1 fully saturated rings. The van der Waals surface area contributed by atoms with Crippen LogP contribution >= 0.6 is 11.6 Å². The van der Waals surface area contributed by atoms with E-state index < -0.39 is 5.97 Å². The van der Waals surface area contributed by atoms with Crippen molar-refractivity contribution in [2.24, 2.45) is 0 Å². The zero-order chi connectivity index (χ0) is 17.5. The Kier molecular flexibility index (Phi) is 6.43. The summed E-state index contributed by atoms with van der Waals surface area (Å²) < 4.78 is 4.63. The van der Waals surface area contributed by atoms with Gasteiger partial charge in [0.05, 0.1) is 17.7 Å². The van der Waals surface area contributed by atoms with Crippen molar-refractivity contribution in [1.82, 2.24) is 10.2 Å². The maximum absolute atomic E-state index is 11.9. The zero-order valence-electron chi connectivity index (χ0n) is 13.4. The fourth-order valence-corrected chi connectivity index (χ4v) is 2.65. The van der Waals surface area contributed by atoms with Crippen LogP contribution in [0.1, 0.15) is 29.6 Å². The van der Waals surface area contributed by atoms with E-state index in [0.717, 1.165) is 13.0 Å². The highest BCUT2D eigenvalue weighted by atomic mass is 35.5. The number of halogens is 1. The van der Waals surface area contributed by atoms with Crippen LogP contribution in [0, 0.1) is 0 Å². The number of carbonyl (C=O) groups excluding carboxylic acids is 3. The molecule has 0 radical (unpaired) electrons. The molecular formula is C16H20ClN3O4. The molecule has 0 spiro atoms. The van der Waals surface area contributed by atoms with Crippen LogP contribution in [-0.2, 0) is 9.53 Å². The summed E-state index contributed by atoms with van der Waals surface area (Å²) in [5, 5.41) is 5.59. The molecular weight excluding hydrogens is 334 g/mol. The Morgan fingerprint density at radius 1 is 1.38 bits per heavy atom. The summed E-state index contributed by atoms with van der Waals surface area (Å²) in [4.78, 5) is 36.7. The Morgan fingerprint density at radius 2 is 2.17 bits per heavy atom. The van der Waals surface area contributed by atoms with Crippen molar-refractivity contribution in [3.8, 4) is 0 Å². The van der Waals surface area contributed by atoms with Gasteiger partial charge in [0.15, 0.2) is 0 Å². The van der Waals surface area contributed by atoms with Crippen molar-refractivity contribution in [1.29, 1.82) is 0 Å². The van der Waals surface area contributed by atoms with Gasteiger partial charge < -0.3 is 20.3 Å². The summed E-state index contributed by atoms with van der Waals surface area (Å²) in [6.45, 7) is 1.89. The third-order valence-electron chi connectivity index (χ3n) is 3.69. The molecule has 2 N–H and O–H groups in total. The number of methoxy groups -OCH3 is 1. The van der Waals surface area contributed by atoms with E-state index in [1.807, 2.05) is 0 Å². The summed E-state index contributed by atoms with van der Waals surface area (Å²) in [7, 11) is 1.26. The molecule has 0 atom stereocenters. The van der Waals surface area contributed by atoms with Crippen LogP contribution in [0.15, 0.2) is 18.2 Å². The number of carbonyl (C=O) groups is 3. The summed E-state index contributed by atoms with van der Waals surface area (Å²) in [5.41, 5.74) is 0.622. The minimum atomic E-state index is -0.570. The Hall–Kier alpha value is -2.28.